The minimum absolute atomic E-state index is 0.932. The number of hydrogen-bond donors (Lipinski definition) is 0. The van der Waals surface area contributed by atoms with Gasteiger partial charge in [0.15, 0.2) is 0 Å². The maximum absolute atomic E-state index is 3.92. The highest BCUT2D eigenvalue weighted by atomic mass is 14.5. The van der Waals surface area contributed by atoms with Crippen LogP contribution in [0.2, 0.25) is 0 Å². The molecule has 0 heterocycles. The molecule has 12 heavy (non-hydrogen) atoms. The van der Waals surface area contributed by atoms with Crippen LogP contribution in [0.3, 0.4) is 0 Å². The van der Waals surface area contributed by atoms with Crippen LogP contribution < -0.4 is 0 Å². The lowest BCUT2D eigenvalue weighted by Crippen LogP contribution is -2.18. The topological polar surface area (TPSA) is 0 Å². The van der Waals surface area contributed by atoms with Gasteiger partial charge in [0.05, 0.1) is 0 Å². The van der Waals surface area contributed by atoms with Crippen molar-refractivity contribution in [3.8, 4) is 0 Å². The van der Waals surface area contributed by atoms with E-state index in [1.807, 2.05) is 0 Å². The van der Waals surface area contributed by atoms with Crippen molar-refractivity contribution in [3.63, 3.8) is 0 Å². The molecule has 0 nitrogen and oxygen atoms in total. The number of allylic oxidation sites excluding steroid dienone is 3. The monoisotopic (exact) mass is 160 g/mol. The van der Waals surface area contributed by atoms with Crippen LogP contribution in [0.4, 0.5) is 0 Å². The number of fused-ring (bicyclic) bond motifs is 5. The van der Waals surface area contributed by atoms with Crippen LogP contribution in [0.25, 0.3) is 0 Å². The van der Waals surface area contributed by atoms with Gasteiger partial charge in [-0.05, 0) is 54.9 Å². The van der Waals surface area contributed by atoms with E-state index in [2.05, 4.69) is 18.7 Å². The van der Waals surface area contributed by atoms with Gasteiger partial charge in [0.25, 0.3) is 0 Å². The summed E-state index contributed by atoms with van der Waals surface area (Å²) in [7, 11) is 0. The lowest BCUT2D eigenvalue weighted by atomic mass is 9.79. The van der Waals surface area contributed by atoms with Gasteiger partial charge in [0.1, 0.15) is 0 Å². The molecule has 2 saturated carbocycles. The summed E-state index contributed by atoms with van der Waals surface area (Å²) in [6.45, 7) is 3.92. The van der Waals surface area contributed by atoms with Crippen molar-refractivity contribution in [2.45, 2.75) is 25.7 Å². The Bertz CT molecular complexity index is 249. The number of hydrogen-bond acceptors (Lipinski definition) is 0. The molecule has 3 aliphatic rings. The highest BCUT2D eigenvalue weighted by molar-refractivity contribution is 5.29. The Hall–Kier alpha value is -0.520. The summed E-state index contributed by atoms with van der Waals surface area (Å²) in [6, 6.07) is 0. The summed E-state index contributed by atoms with van der Waals surface area (Å²) >= 11 is 0. The largest absolute Gasteiger partial charge is 0.0988 e. The maximum atomic E-state index is 3.92. The molecule has 3 aliphatic carbocycles. The van der Waals surface area contributed by atoms with Crippen molar-refractivity contribution in [3.05, 3.63) is 24.3 Å². The Balaban J connectivity index is 1.94. The molecule has 0 spiro atoms. The Labute approximate surface area is 74.4 Å². The molecule has 4 unspecified atom stereocenters. The molecular formula is C12H16. The van der Waals surface area contributed by atoms with Crippen molar-refractivity contribution >= 4 is 0 Å². The standard InChI is InChI=1S/C12H16/c1-2-8-5-6-11-9-3-4-10(7-9)12(8)11/h2,5,9-12H,1,3-4,6-7H2. The third-order valence-corrected chi connectivity index (χ3v) is 4.33. The Morgan fingerprint density at radius 1 is 1.33 bits per heavy atom. The first-order valence-corrected chi connectivity index (χ1v) is 5.22. The van der Waals surface area contributed by atoms with E-state index in [0.717, 1.165) is 23.7 Å². The molecule has 0 N–H and O–H groups in total. The number of rotatable bonds is 1. The molecule has 0 aliphatic heterocycles. The first-order valence-electron chi connectivity index (χ1n) is 5.22. The molecule has 0 heteroatoms. The fourth-order valence-corrected chi connectivity index (χ4v) is 3.90. The lowest BCUT2D eigenvalue weighted by molar-refractivity contribution is 0.279. The Morgan fingerprint density at radius 2 is 2.17 bits per heavy atom. The second kappa shape index (κ2) is 2.25. The van der Waals surface area contributed by atoms with Crippen molar-refractivity contribution in [1.82, 2.24) is 0 Å². The van der Waals surface area contributed by atoms with Crippen LogP contribution in [0.5, 0.6) is 0 Å². The summed E-state index contributed by atoms with van der Waals surface area (Å²) in [5, 5.41) is 0. The lowest BCUT2D eigenvalue weighted by Gasteiger charge is -2.26. The highest BCUT2D eigenvalue weighted by Crippen LogP contribution is 2.58. The predicted octanol–water partition coefficient (Wildman–Crippen LogP) is 3.16. The van der Waals surface area contributed by atoms with Crippen LogP contribution in [0, 0.1) is 23.7 Å². The minimum Gasteiger partial charge on any atom is -0.0988 e. The van der Waals surface area contributed by atoms with E-state index in [4.69, 9.17) is 0 Å². The smallest absolute Gasteiger partial charge is 0.0103 e. The van der Waals surface area contributed by atoms with Crippen molar-refractivity contribution in [1.29, 1.82) is 0 Å². The molecule has 64 valence electrons. The van der Waals surface area contributed by atoms with E-state index in [9.17, 15) is 0 Å². The zero-order valence-electron chi connectivity index (χ0n) is 7.50. The molecule has 0 aromatic carbocycles. The summed E-state index contributed by atoms with van der Waals surface area (Å²) in [4.78, 5) is 0. The first-order chi connectivity index (χ1) is 5.90. The van der Waals surface area contributed by atoms with Gasteiger partial charge >= 0.3 is 0 Å². The summed E-state index contributed by atoms with van der Waals surface area (Å²) in [5.41, 5.74) is 1.58. The van der Waals surface area contributed by atoms with Gasteiger partial charge in [0, 0.05) is 0 Å². The van der Waals surface area contributed by atoms with Crippen LogP contribution in [0.15, 0.2) is 24.3 Å². The van der Waals surface area contributed by atoms with Gasteiger partial charge in [-0.1, -0.05) is 18.7 Å². The third-order valence-electron chi connectivity index (χ3n) is 4.33. The fraction of sp³-hybridized carbons (Fsp3) is 0.667. The molecule has 0 radical (unpaired) electrons. The van der Waals surface area contributed by atoms with Gasteiger partial charge in [-0.2, -0.15) is 0 Å². The predicted molar refractivity (Wildman–Crippen MR) is 50.7 cm³/mol. The fourth-order valence-electron chi connectivity index (χ4n) is 3.90. The van der Waals surface area contributed by atoms with E-state index in [-0.39, 0.29) is 0 Å². The van der Waals surface area contributed by atoms with Gasteiger partial charge in [-0.3, -0.25) is 0 Å². The van der Waals surface area contributed by atoms with Crippen molar-refractivity contribution in [2.75, 3.05) is 0 Å². The SMILES string of the molecule is C=CC1=CCC2C3CCC(C3)C12. The molecule has 0 aromatic heterocycles. The Morgan fingerprint density at radius 3 is 3.00 bits per heavy atom. The van der Waals surface area contributed by atoms with Crippen molar-refractivity contribution < 1.29 is 0 Å². The van der Waals surface area contributed by atoms with Gasteiger partial charge < -0.3 is 0 Å². The molecular weight excluding hydrogens is 144 g/mol. The van der Waals surface area contributed by atoms with E-state index >= 15 is 0 Å². The van der Waals surface area contributed by atoms with Gasteiger partial charge in [0.2, 0.25) is 0 Å². The quantitative estimate of drug-likeness (QED) is 0.552. The summed E-state index contributed by atoms with van der Waals surface area (Å²) < 4.78 is 0. The average molecular weight is 160 g/mol. The molecule has 4 atom stereocenters. The van der Waals surface area contributed by atoms with Gasteiger partial charge in [-0.15, -0.1) is 0 Å². The minimum atomic E-state index is 0.932. The maximum Gasteiger partial charge on any atom is -0.0103 e. The second-order valence-electron chi connectivity index (χ2n) is 4.67. The van der Waals surface area contributed by atoms with E-state index < -0.39 is 0 Å². The van der Waals surface area contributed by atoms with E-state index in [1.54, 1.807) is 5.57 Å². The molecule has 3 rings (SSSR count). The third kappa shape index (κ3) is 0.688. The highest BCUT2D eigenvalue weighted by Gasteiger charge is 2.49. The average Bonchev–Trinajstić information content (AvgIpc) is 2.76. The van der Waals surface area contributed by atoms with E-state index in [1.165, 1.54) is 25.7 Å². The van der Waals surface area contributed by atoms with Crippen LogP contribution >= 0.6 is 0 Å². The van der Waals surface area contributed by atoms with Crippen LogP contribution in [-0.2, 0) is 0 Å². The zero-order valence-corrected chi connectivity index (χ0v) is 7.50. The summed E-state index contributed by atoms with van der Waals surface area (Å²) in [6.07, 6.45) is 10.4. The molecule has 2 bridgehead atoms. The molecule has 0 aromatic rings. The second-order valence-corrected chi connectivity index (χ2v) is 4.67. The molecule has 2 fully saturated rings. The summed E-state index contributed by atoms with van der Waals surface area (Å²) in [5.74, 6) is 4.07. The van der Waals surface area contributed by atoms with Gasteiger partial charge in [-0.25, -0.2) is 0 Å². The van der Waals surface area contributed by atoms with Crippen molar-refractivity contribution in [2.24, 2.45) is 23.7 Å². The zero-order chi connectivity index (χ0) is 8.13. The van der Waals surface area contributed by atoms with E-state index in [0.29, 0.717) is 0 Å². The van der Waals surface area contributed by atoms with Crippen LogP contribution in [-0.4, -0.2) is 0 Å². The van der Waals surface area contributed by atoms with Crippen LogP contribution in [0.1, 0.15) is 25.7 Å². The molecule has 0 amide bonds. The first kappa shape index (κ1) is 6.94. The normalized spacial score (nSPS) is 49.2. The Kier molecular flexibility index (Phi) is 1.30. The molecule has 0 saturated heterocycles.